The summed E-state index contributed by atoms with van der Waals surface area (Å²) in [4.78, 5) is 60.2. The Labute approximate surface area is 287 Å². The Morgan fingerprint density at radius 3 is 1.81 bits per heavy atom. The van der Waals surface area contributed by atoms with Gasteiger partial charge in [-0.2, -0.15) is 0 Å². The first-order valence-corrected chi connectivity index (χ1v) is 20.0. The van der Waals surface area contributed by atoms with Gasteiger partial charge in [0.1, 0.15) is 8.07 Å². The minimum absolute atomic E-state index is 0.00503. The molecule has 12 heteroatoms. The molecule has 1 aromatic rings. The maximum absolute atomic E-state index is 14.0. The molecule has 0 bridgehead atoms. The molecular formula is C36H53BN2O8Si. The third-order valence-electron chi connectivity index (χ3n) is 9.67. The van der Waals surface area contributed by atoms with Gasteiger partial charge in [0.15, 0.2) is 10.8 Å². The van der Waals surface area contributed by atoms with Crippen LogP contribution in [-0.2, 0) is 38.1 Å². The first kappa shape index (κ1) is 39.0. The fourth-order valence-corrected chi connectivity index (χ4v) is 10.0. The summed E-state index contributed by atoms with van der Waals surface area (Å²) >= 11 is 0. The van der Waals surface area contributed by atoms with Crippen LogP contribution in [0.15, 0.2) is 65.3 Å². The predicted octanol–water partition coefficient (Wildman–Crippen LogP) is 4.25. The number of benzene rings is 1. The molecule has 1 aliphatic carbocycles. The summed E-state index contributed by atoms with van der Waals surface area (Å²) in [5, 5.41) is 1.91. The minimum Gasteiger partial charge on any atom is -0.465 e. The van der Waals surface area contributed by atoms with E-state index in [9.17, 15) is 19.2 Å². The molecule has 0 unspecified atom stereocenters. The van der Waals surface area contributed by atoms with Crippen LogP contribution in [0.2, 0.25) is 13.1 Å². The highest BCUT2D eigenvalue weighted by molar-refractivity contribution is 6.95. The van der Waals surface area contributed by atoms with Crippen molar-refractivity contribution >= 4 is 44.1 Å². The highest BCUT2D eigenvalue weighted by Gasteiger charge is 2.57. The van der Waals surface area contributed by atoms with Gasteiger partial charge in [-0.25, -0.2) is 0 Å². The highest BCUT2D eigenvalue weighted by atomic mass is 28.3. The summed E-state index contributed by atoms with van der Waals surface area (Å²) in [6, 6.07) is 9.99. The number of esters is 4. The molecule has 1 heterocycles. The van der Waals surface area contributed by atoms with Crippen LogP contribution in [0.1, 0.15) is 53.4 Å². The second-order valence-corrected chi connectivity index (χ2v) is 17.5. The summed E-state index contributed by atoms with van der Waals surface area (Å²) in [5.41, 5.74) is -1.80. The average molecular weight is 681 g/mol. The summed E-state index contributed by atoms with van der Waals surface area (Å²) in [7, 11) is 1.28. The lowest BCUT2D eigenvalue weighted by Crippen LogP contribution is -2.50. The summed E-state index contributed by atoms with van der Waals surface area (Å²) in [6.07, 6.45) is 1.56. The van der Waals surface area contributed by atoms with Gasteiger partial charge in [-0.3, -0.25) is 19.2 Å². The van der Waals surface area contributed by atoms with E-state index in [1.807, 2.05) is 32.3 Å². The van der Waals surface area contributed by atoms with Crippen molar-refractivity contribution in [3.8, 4) is 0 Å². The number of hydrogen-bond acceptors (Lipinski definition) is 10. The zero-order valence-electron chi connectivity index (χ0n) is 30.1. The average Bonchev–Trinajstić information content (AvgIpc) is 3.60. The van der Waals surface area contributed by atoms with Gasteiger partial charge in [-0.1, -0.05) is 71.4 Å². The first-order chi connectivity index (χ1) is 22.8. The van der Waals surface area contributed by atoms with Crippen LogP contribution in [0.5, 0.6) is 0 Å². The second-order valence-electron chi connectivity index (χ2n) is 13.1. The van der Waals surface area contributed by atoms with Gasteiger partial charge in [0, 0.05) is 13.1 Å². The van der Waals surface area contributed by atoms with Crippen molar-refractivity contribution in [2.75, 3.05) is 53.6 Å². The van der Waals surface area contributed by atoms with Gasteiger partial charge >= 0.3 is 30.9 Å². The molecule has 262 valence electrons. The first-order valence-electron chi connectivity index (χ1n) is 17.0. The van der Waals surface area contributed by atoms with Crippen LogP contribution < -0.4 is 5.19 Å². The number of ether oxygens (including phenoxy) is 4. The van der Waals surface area contributed by atoms with Crippen LogP contribution >= 0.6 is 0 Å². The van der Waals surface area contributed by atoms with E-state index in [2.05, 4.69) is 47.4 Å². The third-order valence-corrected chi connectivity index (χ3v) is 13.4. The number of carbonyl (C=O) groups is 4. The van der Waals surface area contributed by atoms with Gasteiger partial charge in [-0.05, 0) is 73.0 Å². The molecule has 1 saturated heterocycles. The molecular weight excluding hydrogens is 627 g/mol. The maximum Gasteiger partial charge on any atom is 0.338 e. The highest BCUT2D eigenvalue weighted by Crippen LogP contribution is 2.52. The van der Waals surface area contributed by atoms with Gasteiger partial charge in [0.25, 0.3) is 0 Å². The summed E-state index contributed by atoms with van der Waals surface area (Å²) in [6.45, 7) is 17.0. The SMILES string of the molecule is C=CCC(CC(=C1CC(C(=O)OCC)(C(=O)OCC)CC1=CB1N(C)CCN1C)[Si](C)(C)c1ccccc1)(C(=O)OCC)C(=O)OCC. The van der Waals surface area contributed by atoms with E-state index in [4.69, 9.17) is 18.9 Å². The number of hydrogen-bond donors (Lipinski definition) is 0. The van der Waals surface area contributed by atoms with Gasteiger partial charge in [0.2, 0.25) is 0 Å². The van der Waals surface area contributed by atoms with E-state index in [1.54, 1.807) is 33.8 Å². The Kier molecular flexibility index (Phi) is 13.6. The van der Waals surface area contributed by atoms with Crippen molar-refractivity contribution in [1.29, 1.82) is 0 Å². The number of allylic oxidation sites excluding steroid dienone is 4. The van der Waals surface area contributed by atoms with Gasteiger partial charge in [0.05, 0.1) is 26.4 Å². The molecule has 1 aliphatic heterocycles. The third kappa shape index (κ3) is 7.87. The lowest BCUT2D eigenvalue weighted by Gasteiger charge is -2.36. The van der Waals surface area contributed by atoms with Crippen molar-refractivity contribution in [3.05, 3.63) is 65.3 Å². The van der Waals surface area contributed by atoms with Crippen molar-refractivity contribution in [1.82, 2.24) is 9.62 Å². The van der Waals surface area contributed by atoms with Crippen molar-refractivity contribution in [3.63, 3.8) is 0 Å². The molecule has 2 fully saturated rings. The number of rotatable bonds is 15. The lowest BCUT2D eigenvalue weighted by atomic mass is 9.71. The molecule has 2 aliphatic rings. The number of nitrogens with zero attached hydrogens (tertiary/aromatic N) is 2. The van der Waals surface area contributed by atoms with E-state index >= 15 is 0 Å². The molecule has 0 aromatic heterocycles. The monoisotopic (exact) mass is 680 g/mol. The van der Waals surface area contributed by atoms with E-state index < -0.39 is 42.8 Å². The van der Waals surface area contributed by atoms with E-state index in [0.717, 1.165) is 34.6 Å². The smallest absolute Gasteiger partial charge is 0.338 e. The Hall–Kier alpha value is -3.48. The van der Waals surface area contributed by atoms with Gasteiger partial charge in [-0.15, -0.1) is 6.58 Å². The quantitative estimate of drug-likeness (QED) is 0.0877. The van der Waals surface area contributed by atoms with Crippen LogP contribution in [0.25, 0.3) is 0 Å². The summed E-state index contributed by atoms with van der Waals surface area (Å²) in [5.74, 6) is -0.573. The molecule has 3 rings (SSSR count). The molecule has 0 atom stereocenters. The van der Waals surface area contributed by atoms with E-state index in [0.29, 0.717) is 0 Å². The van der Waals surface area contributed by atoms with Crippen molar-refractivity contribution < 1.29 is 38.1 Å². The number of carbonyl (C=O) groups excluding carboxylic acids is 4. The summed E-state index contributed by atoms with van der Waals surface area (Å²) < 4.78 is 22.3. The van der Waals surface area contributed by atoms with Gasteiger partial charge < -0.3 is 28.6 Å². The second kappa shape index (κ2) is 16.8. The largest absolute Gasteiger partial charge is 0.465 e. The number of likely N-dealkylation sites (N-methyl/N-ethyl adjacent to an activating group) is 2. The van der Waals surface area contributed by atoms with E-state index in [1.165, 1.54) is 0 Å². The molecule has 0 radical (unpaired) electrons. The Morgan fingerprint density at radius 2 is 1.35 bits per heavy atom. The molecule has 1 aromatic carbocycles. The lowest BCUT2D eigenvalue weighted by molar-refractivity contribution is -0.173. The minimum atomic E-state index is -2.79. The predicted molar refractivity (Wildman–Crippen MR) is 190 cm³/mol. The normalized spacial score (nSPS) is 18.8. The molecule has 10 nitrogen and oxygen atoms in total. The molecule has 48 heavy (non-hydrogen) atoms. The fraction of sp³-hybridized carbons (Fsp3) is 0.556. The zero-order chi connectivity index (χ0) is 35.7. The fourth-order valence-electron chi connectivity index (χ4n) is 6.92. The molecule has 1 saturated carbocycles. The van der Waals surface area contributed by atoms with Crippen molar-refractivity contribution in [2.24, 2.45) is 10.8 Å². The van der Waals surface area contributed by atoms with Crippen molar-refractivity contribution in [2.45, 2.75) is 66.5 Å². The van der Waals surface area contributed by atoms with Crippen LogP contribution in [0.4, 0.5) is 0 Å². The molecule has 0 amide bonds. The Bertz CT molecular complexity index is 1360. The van der Waals surface area contributed by atoms with Crippen LogP contribution in [-0.4, -0.2) is 102 Å². The van der Waals surface area contributed by atoms with E-state index in [-0.39, 0.29) is 59.1 Å². The standard InChI is InChI=1S/C36H53BN2O8Si/c1-10-20-35(31(40)44-11-2,32(41)45-12-3)25-30(48(8,9)28-18-16-15-17-19-28)29-24-36(33(42)46-13-4,34(43)47-14-5)23-27(29)26-37-38(6)21-22-39(37)7/h10,15-19,26H,1,11-14,20-25H2,2-9H3. The molecule has 0 spiro atoms. The Balaban J connectivity index is 2.51. The van der Waals surface area contributed by atoms with Crippen LogP contribution in [0.3, 0.4) is 0 Å². The molecule has 0 N–H and O–H groups in total. The van der Waals surface area contributed by atoms with Crippen LogP contribution in [0, 0.1) is 10.8 Å². The Morgan fingerprint density at radius 1 is 0.854 bits per heavy atom. The zero-order valence-corrected chi connectivity index (χ0v) is 31.1. The topological polar surface area (TPSA) is 112 Å². The maximum atomic E-state index is 14.0.